The van der Waals surface area contributed by atoms with Gasteiger partial charge in [0, 0.05) is 21.8 Å². The van der Waals surface area contributed by atoms with E-state index in [2.05, 4.69) is 10.6 Å². The van der Waals surface area contributed by atoms with E-state index in [0.29, 0.717) is 21.3 Å². The third kappa shape index (κ3) is 5.20. The monoisotopic (exact) mass is 379 g/mol. The molecule has 0 saturated carbocycles. The summed E-state index contributed by atoms with van der Waals surface area (Å²) >= 11 is 12.1. The van der Waals surface area contributed by atoms with Crippen LogP contribution in [0.3, 0.4) is 0 Å². The van der Waals surface area contributed by atoms with E-state index in [4.69, 9.17) is 28.9 Å². The summed E-state index contributed by atoms with van der Waals surface area (Å²) in [6.45, 7) is -0.399. The van der Waals surface area contributed by atoms with Gasteiger partial charge in [0.1, 0.15) is 0 Å². The van der Waals surface area contributed by atoms with Crippen molar-refractivity contribution in [2.45, 2.75) is 0 Å². The first-order valence-electron chi connectivity index (χ1n) is 7.26. The van der Waals surface area contributed by atoms with Crippen molar-refractivity contribution < 1.29 is 14.4 Å². The highest BCUT2D eigenvalue weighted by atomic mass is 35.5. The van der Waals surface area contributed by atoms with Crippen molar-refractivity contribution in [3.63, 3.8) is 0 Å². The molecule has 2 aromatic carbocycles. The minimum atomic E-state index is -0.644. The van der Waals surface area contributed by atoms with Gasteiger partial charge >= 0.3 is 0 Å². The maximum atomic E-state index is 12.8. The van der Waals surface area contributed by atoms with Crippen LogP contribution in [0, 0.1) is 0 Å². The maximum Gasteiger partial charge on any atom is 0.239 e. The Hall–Kier alpha value is -2.57. The number of nitrogens with one attached hydrogen (secondary N) is 2. The van der Waals surface area contributed by atoms with Crippen LogP contribution in [0.1, 0.15) is 15.9 Å². The average molecular weight is 380 g/mol. The summed E-state index contributed by atoms with van der Waals surface area (Å²) in [5.41, 5.74) is 5.99. The second-order valence-electron chi connectivity index (χ2n) is 5.10. The summed E-state index contributed by atoms with van der Waals surface area (Å²) in [6, 6.07) is 11.3. The van der Waals surface area contributed by atoms with Gasteiger partial charge in [-0.1, -0.05) is 35.3 Å². The molecule has 130 valence electrons. The minimum absolute atomic E-state index is 0.141. The van der Waals surface area contributed by atoms with Gasteiger partial charge in [-0.05, 0) is 30.3 Å². The lowest BCUT2D eigenvalue weighted by atomic mass is 10.0. The van der Waals surface area contributed by atoms with E-state index in [-0.39, 0.29) is 24.4 Å². The van der Waals surface area contributed by atoms with Gasteiger partial charge in [-0.25, -0.2) is 0 Å². The number of carbonyl (C=O) groups excluding carboxylic acids is 3. The second-order valence-corrected chi connectivity index (χ2v) is 5.94. The number of hydrogen-bond donors (Lipinski definition) is 3. The van der Waals surface area contributed by atoms with E-state index in [9.17, 15) is 14.4 Å². The van der Waals surface area contributed by atoms with Gasteiger partial charge < -0.3 is 16.4 Å². The van der Waals surface area contributed by atoms with Crippen molar-refractivity contribution in [3.8, 4) is 0 Å². The Kier molecular flexibility index (Phi) is 6.38. The van der Waals surface area contributed by atoms with Gasteiger partial charge in [0.15, 0.2) is 5.78 Å². The zero-order chi connectivity index (χ0) is 18.4. The lowest BCUT2D eigenvalue weighted by Crippen LogP contribution is -2.36. The van der Waals surface area contributed by atoms with Crippen LogP contribution < -0.4 is 16.4 Å². The number of rotatable bonds is 7. The van der Waals surface area contributed by atoms with Gasteiger partial charge in [0.25, 0.3) is 0 Å². The molecule has 0 radical (unpaired) electrons. The highest BCUT2D eigenvalue weighted by Crippen LogP contribution is 2.26. The fraction of sp³-hybridized carbons (Fsp3) is 0.118. The first-order valence-corrected chi connectivity index (χ1v) is 8.01. The highest BCUT2D eigenvalue weighted by molar-refractivity contribution is 6.35. The van der Waals surface area contributed by atoms with Crippen LogP contribution in [0.5, 0.6) is 0 Å². The van der Waals surface area contributed by atoms with Crippen molar-refractivity contribution in [2.75, 3.05) is 18.4 Å². The molecule has 0 aliphatic heterocycles. The fourth-order valence-electron chi connectivity index (χ4n) is 2.07. The molecule has 0 saturated heterocycles. The van der Waals surface area contributed by atoms with Crippen LogP contribution >= 0.6 is 23.2 Å². The Bertz CT molecular complexity index is 825. The Morgan fingerprint density at radius 2 is 1.68 bits per heavy atom. The predicted molar refractivity (Wildman–Crippen MR) is 97.0 cm³/mol. The predicted octanol–water partition coefficient (Wildman–Crippen LogP) is 2.24. The van der Waals surface area contributed by atoms with E-state index in [1.165, 1.54) is 6.07 Å². The lowest BCUT2D eigenvalue weighted by Gasteiger charge is -2.12. The summed E-state index contributed by atoms with van der Waals surface area (Å²) in [7, 11) is 0. The SMILES string of the molecule is NC(=O)CNC(=O)CNc1ccc(Cl)cc1C(=O)c1ccccc1Cl. The Morgan fingerprint density at radius 1 is 0.960 bits per heavy atom. The Labute approximate surface area is 154 Å². The number of amides is 2. The molecule has 0 aliphatic carbocycles. The molecule has 0 bridgehead atoms. The number of carbonyl (C=O) groups is 3. The molecule has 0 atom stereocenters. The first kappa shape index (κ1) is 18.8. The van der Waals surface area contributed by atoms with Crippen LogP contribution in [-0.4, -0.2) is 30.7 Å². The topological polar surface area (TPSA) is 101 Å². The molecule has 25 heavy (non-hydrogen) atoms. The maximum absolute atomic E-state index is 12.8. The second kappa shape index (κ2) is 8.50. The molecular formula is C17H15Cl2N3O3. The van der Waals surface area contributed by atoms with Gasteiger partial charge in [0.2, 0.25) is 11.8 Å². The summed E-state index contributed by atoms with van der Waals surface area (Å²) in [4.78, 5) is 35.1. The molecular weight excluding hydrogens is 365 g/mol. The van der Waals surface area contributed by atoms with Crippen molar-refractivity contribution >= 4 is 46.5 Å². The Balaban J connectivity index is 2.20. The molecule has 6 nitrogen and oxygen atoms in total. The zero-order valence-electron chi connectivity index (χ0n) is 13.0. The van der Waals surface area contributed by atoms with E-state index < -0.39 is 11.8 Å². The van der Waals surface area contributed by atoms with Crippen LogP contribution in [0.25, 0.3) is 0 Å². The minimum Gasteiger partial charge on any atom is -0.376 e. The van der Waals surface area contributed by atoms with Gasteiger partial charge in [-0.2, -0.15) is 0 Å². The Morgan fingerprint density at radius 3 is 2.36 bits per heavy atom. The number of hydrogen-bond acceptors (Lipinski definition) is 4. The molecule has 0 aromatic heterocycles. The van der Waals surface area contributed by atoms with Crippen molar-refractivity contribution in [2.24, 2.45) is 5.73 Å². The van der Waals surface area contributed by atoms with E-state index >= 15 is 0 Å². The van der Waals surface area contributed by atoms with Crippen LogP contribution in [0.4, 0.5) is 5.69 Å². The molecule has 8 heteroatoms. The van der Waals surface area contributed by atoms with Gasteiger partial charge in [-0.3, -0.25) is 14.4 Å². The van der Waals surface area contributed by atoms with E-state index in [0.717, 1.165) is 0 Å². The zero-order valence-corrected chi connectivity index (χ0v) is 14.5. The molecule has 0 unspecified atom stereocenters. The summed E-state index contributed by atoms with van der Waals surface area (Å²) in [5.74, 6) is -1.41. The lowest BCUT2D eigenvalue weighted by molar-refractivity contribution is -0.123. The van der Waals surface area contributed by atoms with Crippen LogP contribution in [0.15, 0.2) is 42.5 Å². The quantitative estimate of drug-likeness (QED) is 0.642. The number of primary amides is 1. The van der Waals surface area contributed by atoms with Gasteiger partial charge in [0.05, 0.1) is 18.1 Å². The number of nitrogens with two attached hydrogens (primary N) is 1. The van der Waals surface area contributed by atoms with Crippen molar-refractivity contribution in [3.05, 3.63) is 63.6 Å². The largest absolute Gasteiger partial charge is 0.376 e. The highest BCUT2D eigenvalue weighted by Gasteiger charge is 2.17. The molecule has 4 N–H and O–H groups in total. The van der Waals surface area contributed by atoms with E-state index in [1.807, 2.05) is 0 Å². The normalized spacial score (nSPS) is 10.2. The standard InChI is InChI=1S/C17H15Cl2N3O3/c18-10-5-6-14(21-9-16(24)22-8-15(20)23)12(7-10)17(25)11-3-1-2-4-13(11)19/h1-7,21H,8-9H2,(H2,20,23)(H,22,24). The van der Waals surface area contributed by atoms with E-state index in [1.54, 1.807) is 36.4 Å². The van der Waals surface area contributed by atoms with Crippen LogP contribution in [-0.2, 0) is 9.59 Å². The van der Waals surface area contributed by atoms with Crippen molar-refractivity contribution in [1.29, 1.82) is 0 Å². The third-order valence-corrected chi connectivity index (χ3v) is 3.81. The number of ketones is 1. The molecule has 0 aliphatic rings. The smallest absolute Gasteiger partial charge is 0.239 e. The molecule has 0 spiro atoms. The first-order chi connectivity index (χ1) is 11.9. The number of benzene rings is 2. The van der Waals surface area contributed by atoms with Gasteiger partial charge in [-0.15, -0.1) is 0 Å². The summed E-state index contributed by atoms with van der Waals surface area (Å²) < 4.78 is 0. The molecule has 2 aromatic rings. The summed E-state index contributed by atoms with van der Waals surface area (Å²) in [6.07, 6.45) is 0. The fourth-order valence-corrected chi connectivity index (χ4v) is 2.47. The summed E-state index contributed by atoms with van der Waals surface area (Å²) in [5, 5.41) is 5.88. The molecule has 2 amide bonds. The number of halogens is 2. The number of anilines is 1. The third-order valence-electron chi connectivity index (χ3n) is 3.24. The molecule has 0 heterocycles. The van der Waals surface area contributed by atoms with Crippen molar-refractivity contribution in [1.82, 2.24) is 5.32 Å². The average Bonchev–Trinajstić information content (AvgIpc) is 2.58. The molecule has 2 rings (SSSR count). The van der Waals surface area contributed by atoms with Crippen LogP contribution in [0.2, 0.25) is 10.0 Å². The molecule has 0 fully saturated rings.